The van der Waals surface area contributed by atoms with Crippen molar-refractivity contribution in [3.63, 3.8) is 0 Å². The normalized spacial score (nSPS) is 10.9. The van der Waals surface area contributed by atoms with Gasteiger partial charge in [-0.15, -0.1) is 0 Å². The average Bonchev–Trinajstić information content (AvgIpc) is 2.35. The molecule has 1 rings (SSSR count). The highest BCUT2D eigenvalue weighted by Gasteiger charge is 1.96. The van der Waals surface area contributed by atoms with Crippen molar-refractivity contribution in [2.45, 2.75) is 32.2 Å². The van der Waals surface area contributed by atoms with Crippen LogP contribution in [-0.4, -0.2) is 32.1 Å². The number of hydrogen-bond donors (Lipinski definition) is 2. The summed E-state index contributed by atoms with van der Waals surface area (Å²) in [6, 6.07) is 8.71. The second kappa shape index (κ2) is 8.95. The van der Waals surface area contributed by atoms with Crippen LogP contribution in [0, 0.1) is 0 Å². The van der Waals surface area contributed by atoms with E-state index in [4.69, 9.17) is 5.73 Å². The summed E-state index contributed by atoms with van der Waals surface area (Å²) in [7, 11) is 4.18. The molecule has 0 radical (unpaired) electrons. The summed E-state index contributed by atoms with van der Waals surface area (Å²) < 4.78 is 0. The van der Waals surface area contributed by atoms with Gasteiger partial charge in [-0.3, -0.25) is 0 Å². The minimum Gasteiger partial charge on any atom is -0.385 e. The van der Waals surface area contributed by atoms with E-state index in [1.54, 1.807) is 0 Å². The summed E-state index contributed by atoms with van der Waals surface area (Å²) >= 11 is 0. The summed E-state index contributed by atoms with van der Waals surface area (Å²) in [5.41, 5.74) is 8.04. The molecule has 0 amide bonds. The van der Waals surface area contributed by atoms with Gasteiger partial charge in [0.15, 0.2) is 0 Å². The van der Waals surface area contributed by atoms with E-state index >= 15 is 0 Å². The maximum Gasteiger partial charge on any atom is 0.0340 e. The third-order valence-corrected chi connectivity index (χ3v) is 2.91. The van der Waals surface area contributed by atoms with E-state index in [0.29, 0.717) is 0 Å². The minimum absolute atomic E-state index is 0.820. The van der Waals surface area contributed by atoms with Gasteiger partial charge in [-0.25, -0.2) is 0 Å². The number of hydrogen-bond acceptors (Lipinski definition) is 3. The third-order valence-electron chi connectivity index (χ3n) is 2.91. The van der Waals surface area contributed by atoms with Crippen LogP contribution in [0.3, 0.4) is 0 Å². The van der Waals surface area contributed by atoms with Crippen LogP contribution in [0.4, 0.5) is 5.69 Å². The summed E-state index contributed by atoms with van der Waals surface area (Å²) in [6.45, 7) is 2.87. The number of nitrogens with two attached hydrogens (primary N) is 1. The van der Waals surface area contributed by atoms with E-state index in [9.17, 15) is 0 Å². The monoisotopic (exact) mass is 249 g/mol. The quantitative estimate of drug-likeness (QED) is 0.661. The Morgan fingerprint density at radius 1 is 1.00 bits per heavy atom. The van der Waals surface area contributed by atoms with Crippen molar-refractivity contribution >= 4 is 5.69 Å². The Hall–Kier alpha value is -1.06. The molecule has 3 N–H and O–H groups in total. The summed E-state index contributed by atoms with van der Waals surface area (Å²) in [6.07, 6.45) is 4.89. The van der Waals surface area contributed by atoms with Gasteiger partial charge in [-0.05, 0) is 51.2 Å². The first kappa shape index (κ1) is 15.0. The molecule has 0 atom stereocenters. The van der Waals surface area contributed by atoms with E-state index < -0.39 is 0 Å². The van der Waals surface area contributed by atoms with Crippen molar-refractivity contribution in [2.75, 3.05) is 32.5 Å². The highest BCUT2D eigenvalue weighted by molar-refractivity contribution is 5.44. The lowest BCUT2D eigenvalue weighted by atomic mass is 10.2. The molecule has 0 spiro atoms. The van der Waals surface area contributed by atoms with Gasteiger partial charge < -0.3 is 16.0 Å². The van der Waals surface area contributed by atoms with Crippen LogP contribution in [0.25, 0.3) is 0 Å². The molecule has 102 valence electrons. The number of anilines is 1. The number of benzene rings is 1. The molecule has 0 aliphatic rings. The molecule has 0 saturated carbocycles. The molecule has 0 unspecified atom stereocenters. The second-order valence-electron chi connectivity index (χ2n) is 5.06. The van der Waals surface area contributed by atoms with Crippen LogP contribution in [0.5, 0.6) is 0 Å². The molecule has 0 bridgehead atoms. The van der Waals surface area contributed by atoms with E-state index in [0.717, 1.165) is 26.1 Å². The lowest BCUT2D eigenvalue weighted by Gasteiger charge is -2.11. The Kier molecular flexibility index (Phi) is 7.46. The van der Waals surface area contributed by atoms with Gasteiger partial charge in [-0.1, -0.05) is 25.0 Å². The van der Waals surface area contributed by atoms with Gasteiger partial charge in [0.1, 0.15) is 0 Å². The van der Waals surface area contributed by atoms with Gasteiger partial charge in [0.2, 0.25) is 0 Å². The van der Waals surface area contributed by atoms with Gasteiger partial charge in [0.25, 0.3) is 0 Å². The smallest absolute Gasteiger partial charge is 0.0340 e. The van der Waals surface area contributed by atoms with Crippen LogP contribution < -0.4 is 11.1 Å². The minimum atomic E-state index is 0.820. The van der Waals surface area contributed by atoms with Crippen LogP contribution >= 0.6 is 0 Å². The molecule has 0 saturated heterocycles. The first-order valence-corrected chi connectivity index (χ1v) is 6.90. The van der Waals surface area contributed by atoms with Crippen molar-refractivity contribution in [3.05, 3.63) is 29.8 Å². The van der Waals surface area contributed by atoms with Gasteiger partial charge >= 0.3 is 0 Å². The van der Waals surface area contributed by atoms with Crippen molar-refractivity contribution < 1.29 is 0 Å². The molecular formula is C15H27N3. The Labute approximate surface area is 111 Å². The summed E-state index contributed by atoms with van der Waals surface area (Å²) in [5.74, 6) is 0. The first-order valence-electron chi connectivity index (χ1n) is 6.90. The van der Waals surface area contributed by atoms with Crippen LogP contribution in [-0.2, 0) is 6.54 Å². The zero-order chi connectivity index (χ0) is 13.2. The zero-order valence-electron chi connectivity index (χ0n) is 11.8. The Bertz CT molecular complexity index is 306. The molecule has 3 heteroatoms. The molecule has 0 fully saturated rings. The number of nitrogens with zero attached hydrogens (tertiary/aromatic N) is 1. The van der Waals surface area contributed by atoms with Crippen molar-refractivity contribution in [2.24, 2.45) is 5.73 Å². The lowest BCUT2D eigenvalue weighted by Crippen LogP contribution is -2.10. The molecule has 3 nitrogen and oxygen atoms in total. The molecule has 0 aliphatic heterocycles. The first-order chi connectivity index (χ1) is 8.72. The highest BCUT2D eigenvalue weighted by Crippen LogP contribution is 2.11. The van der Waals surface area contributed by atoms with Gasteiger partial charge in [-0.2, -0.15) is 0 Å². The Morgan fingerprint density at radius 3 is 2.28 bits per heavy atom. The van der Waals surface area contributed by atoms with Gasteiger partial charge in [0.05, 0.1) is 0 Å². The lowest BCUT2D eigenvalue weighted by molar-refractivity contribution is 0.402. The largest absolute Gasteiger partial charge is 0.385 e. The average molecular weight is 249 g/mol. The van der Waals surface area contributed by atoms with Crippen LogP contribution in [0.2, 0.25) is 0 Å². The molecular weight excluding hydrogens is 222 g/mol. The van der Waals surface area contributed by atoms with E-state index in [2.05, 4.69) is 48.6 Å². The molecule has 18 heavy (non-hydrogen) atoms. The summed E-state index contributed by atoms with van der Waals surface area (Å²) in [4.78, 5) is 2.18. The van der Waals surface area contributed by atoms with Crippen LogP contribution in [0.15, 0.2) is 24.3 Å². The van der Waals surface area contributed by atoms with E-state index in [1.807, 2.05) is 0 Å². The van der Waals surface area contributed by atoms with Gasteiger partial charge in [0, 0.05) is 18.8 Å². The maximum atomic E-state index is 5.46. The SMILES string of the molecule is CN(C)Cc1ccc(NCCCCCCN)cc1. The molecule has 0 aromatic heterocycles. The van der Waals surface area contributed by atoms with Crippen molar-refractivity contribution in [1.82, 2.24) is 4.90 Å². The molecule has 1 aromatic rings. The Morgan fingerprint density at radius 2 is 1.67 bits per heavy atom. The van der Waals surface area contributed by atoms with Crippen molar-refractivity contribution in [1.29, 1.82) is 0 Å². The third kappa shape index (κ3) is 6.62. The molecule has 0 heterocycles. The summed E-state index contributed by atoms with van der Waals surface area (Å²) in [5, 5.41) is 3.46. The number of unbranched alkanes of at least 4 members (excludes halogenated alkanes) is 3. The van der Waals surface area contributed by atoms with Crippen molar-refractivity contribution in [3.8, 4) is 0 Å². The fraction of sp³-hybridized carbons (Fsp3) is 0.600. The number of rotatable bonds is 9. The molecule has 0 aliphatic carbocycles. The zero-order valence-corrected chi connectivity index (χ0v) is 11.8. The predicted molar refractivity (Wildman–Crippen MR) is 79.8 cm³/mol. The molecule has 1 aromatic carbocycles. The maximum absolute atomic E-state index is 5.46. The van der Waals surface area contributed by atoms with E-state index in [-0.39, 0.29) is 0 Å². The highest BCUT2D eigenvalue weighted by atomic mass is 15.0. The fourth-order valence-corrected chi connectivity index (χ4v) is 1.95. The van der Waals surface area contributed by atoms with Crippen LogP contribution in [0.1, 0.15) is 31.2 Å². The number of nitrogens with one attached hydrogen (secondary N) is 1. The predicted octanol–water partition coefficient (Wildman–Crippen LogP) is 2.68. The fourth-order valence-electron chi connectivity index (χ4n) is 1.95. The Balaban J connectivity index is 2.18. The standard InChI is InChI=1S/C15H27N3/c1-18(2)13-14-7-9-15(10-8-14)17-12-6-4-3-5-11-16/h7-10,17H,3-6,11-13,16H2,1-2H3. The second-order valence-corrected chi connectivity index (χ2v) is 5.06. The topological polar surface area (TPSA) is 41.3 Å². The van der Waals surface area contributed by atoms with E-state index in [1.165, 1.54) is 30.5 Å².